The maximum atomic E-state index is 9.58. The second-order valence-corrected chi connectivity index (χ2v) is 8.21. The van der Waals surface area contributed by atoms with E-state index < -0.39 is 0 Å². The van der Waals surface area contributed by atoms with Gasteiger partial charge >= 0.3 is 0 Å². The molecule has 2 rings (SSSR count). The quantitative estimate of drug-likeness (QED) is 0.308. The van der Waals surface area contributed by atoms with Crippen molar-refractivity contribution in [3.05, 3.63) is 48.5 Å². The fourth-order valence-corrected chi connectivity index (χ4v) is 3.97. The van der Waals surface area contributed by atoms with Gasteiger partial charge in [-0.3, -0.25) is 0 Å². The summed E-state index contributed by atoms with van der Waals surface area (Å²) in [6.07, 6.45) is 6.02. The summed E-state index contributed by atoms with van der Waals surface area (Å²) < 4.78 is 2.20. The molecule has 0 spiro atoms. The van der Waals surface area contributed by atoms with Gasteiger partial charge in [-0.05, 0) is 48.8 Å². The lowest BCUT2D eigenvalue weighted by Gasteiger charge is -2.19. The first kappa shape index (κ1) is 20.2. The Kier molecular flexibility index (Phi) is 8.73. The van der Waals surface area contributed by atoms with E-state index in [0.29, 0.717) is 0 Å². The van der Waals surface area contributed by atoms with E-state index in [1.807, 2.05) is 18.7 Å². The van der Waals surface area contributed by atoms with Crippen LogP contribution in [0.3, 0.4) is 0 Å². The van der Waals surface area contributed by atoms with E-state index in [4.69, 9.17) is 0 Å². The molecule has 0 saturated heterocycles. The van der Waals surface area contributed by atoms with Crippen LogP contribution in [0, 0.1) is 0 Å². The summed E-state index contributed by atoms with van der Waals surface area (Å²) >= 11 is 3.62. The first-order valence-electron chi connectivity index (χ1n) is 8.93. The Hall–Kier alpha value is -1.10. The van der Waals surface area contributed by atoms with Crippen LogP contribution in [-0.4, -0.2) is 30.3 Å². The number of aliphatic hydroxyl groups excluding tert-OH is 1. The van der Waals surface area contributed by atoms with E-state index in [2.05, 4.69) is 66.1 Å². The van der Waals surface area contributed by atoms with Gasteiger partial charge in [-0.1, -0.05) is 55.6 Å². The van der Waals surface area contributed by atoms with Gasteiger partial charge in [0.1, 0.15) is 0 Å². The van der Waals surface area contributed by atoms with Crippen molar-refractivity contribution >= 4 is 29.4 Å². The maximum absolute atomic E-state index is 9.58. The minimum atomic E-state index is -0.122. The zero-order valence-corrected chi connectivity index (χ0v) is 17.1. The molecule has 0 aromatic heterocycles. The molecule has 0 amide bonds. The van der Waals surface area contributed by atoms with Gasteiger partial charge in [0.2, 0.25) is 0 Å². The normalized spacial score (nSPS) is 12.2. The van der Waals surface area contributed by atoms with Gasteiger partial charge in [0.15, 0.2) is 0 Å². The Morgan fingerprint density at radius 1 is 1.04 bits per heavy atom. The molecule has 0 aliphatic carbocycles. The Morgan fingerprint density at radius 3 is 2.44 bits per heavy atom. The molecule has 0 radical (unpaired) electrons. The number of nitrogens with zero attached hydrogens (tertiary/aromatic N) is 1. The minimum Gasteiger partial charge on any atom is -0.393 e. The van der Waals surface area contributed by atoms with Crippen molar-refractivity contribution in [2.75, 3.05) is 23.4 Å². The molecular formula is C21H29NOS2. The van der Waals surface area contributed by atoms with Crippen molar-refractivity contribution in [3.63, 3.8) is 0 Å². The fraction of sp³-hybridized carbons (Fsp3) is 0.429. The summed E-state index contributed by atoms with van der Waals surface area (Å²) in [6, 6.07) is 17.4. The highest BCUT2D eigenvalue weighted by Gasteiger charge is 2.08. The average molecular weight is 376 g/mol. The topological polar surface area (TPSA) is 23.5 Å². The highest BCUT2D eigenvalue weighted by atomic mass is 32.2. The van der Waals surface area contributed by atoms with E-state index in [1.165, 1.54) is 21.7 Å². The van der Waals surface area contributed by atoms with Crippen molar-refractivity contribution in [1.82, 2.24) is 0 Å². The van der Waals surface area contributed by atoms with Gasteiger partial charge in [0.25, 0.3) is 0 Å². The maximum Gasteiger partial charge on any atom is 0.0544 e. The van der Waals surface area contributed by atoms with E-state index in [9.17, 15) is 5.11 Å². The van der Waals surface area contributed by atoms with Crippen LogP contribution >= 0.6 is 23.7 Å². The summed E-state index contributed by atoms with van der Waals surface area (Å²) in [5, 5.41) is 9.58. The largest absolute Gasteiger partial charge is 0.393 e. The van der Waals surface area contributed by atoms with Gasteiger partial charge < -0.3 is 9.41 Å². The van der Waals surface area contributed by atoms with Crippen LogP contribution < -0.4 is 4.31 Å². The van der Waals surface area contributed by atoms with Crippen molar-refractivity contribution in [1.29, 1.82) is 0 Å². The summed E-state index contributed by atoms with van der Waals surface area (Å²) in [6.45, 7) is 2.04. The van der Waals surface area contributed by atoms with Gasteiger partial charge in [-0.25, -0.2) is 0 Å². The third-order valence-corrected chi connectivity index (χ3v) is 6.20. The number of hydrogen-bond donors (Lipinski definition) is 1. The molecule has 0 bridgehead atoms. The molecule has 2 aromatic rings. The molecule has 4 heteroatoms. The summed E-state index contributed by atoms with van der Waals surface area (Å²) in [5.74, 6) is 1.11. The highest BCUT2D eigenvalue weighted by molar-refractivity contribution is 8.00. The van der Waals surface area contributed by atoms with Crippen LogP contribution in [0.5, 0.6) is 0 Å². The number of benzene rings is 2. The monoisotopic (exact) mass is 375 g/mol. The molecule has 0 fully saturated rings. The first-order chi connectivity index (χ1) is 12.2. The van der Waals surface area contributed by atoms with Crippen molar-refractivity contribution in [3.8, 4) is 11.1 Å². The van der Waals surface area contributed by atoms with E-state index in [-0.39, 0.29) is 6.10 Å². The van der Waals surface area contributed by atoms with Crippen LogP contribution in [0.2, 0.25) is 0 Å². The molecule has 0 aliphatic rings. The van der Waals surface area contributed by atoms with Crippen molar-refractivity contribution < 1.29 is 5.11 Å². The lowest BCUT2D eigenvalue weighted by molar-refractivity contribution is 0.157. The fourth-order valence-electron chi connectivity index (χ4n) is 2.70. The lowest BCUT2D eigenvalue weighted by atomic mass is 10.0. The lowest BCUT2D eigenvalue weighted by Crippen LogP contribution is -2.06. The van der Waals surface area contributed by atoms with Gasteiger partial charge in [-0.15, -0.1) is 11.8 Å². The van der Waals surface area contributed by atoms with Crippen LogP contribution in [-0.2, 0) is 0 Å². The van der Waals surface area contributed by atoms with Crippen LogP contribution in [0.25, 0.3) is 11.1 Å². The standard InChI is InChI=1S/C21H29NOS2/c1-4-18(23)9-7-8-16-25-19-14-12-17(13-15-19)20-10-5-6-11-21(20)22(2)24-3/h5-6,10-15,18,23H,4,7-9,16H2,1-3H3. The number of unbranched alkanes of at least 4 members (excludes halogenated alkanes) is 1. The molecule has 1 unspecified atom stereocenters. The molecule has 1 atom stereocenters. The van der Waals surface area contributed by atoms with Crippen LogP contribution in [0.1, 0.15) is 32.6 Å². The zero-order chi connectivity index (χ0) is 18.1. The summed E-state index contributed by atoms with van der Waals surface area (Å²) in [5.41, 5.74) is 3.77. The number of aliphatic hydroxyl groups is 1. The number of para-hydroxylation sites is 1. The molecule has 25 heavy (non-hydrogen) atoms. The number of thioether (sulfide) groups is 1. The third kappa shape index (κ3) is 6.28. The van der Waals surface area contributed by atoms with Crippen LogP contribution in [0.15, 0.2) is 53.4 Å². The predicted molar refractivity (Wildman–Crippen MR) is 115 cm³/mol. The highest BCUT2D eigenvalue weighted by Crippen LogP contribution is 2.33. The Balaban J connectivity index is 1.92. The summed E-state index contributed by atoms with van der Waals surface area (Å²) in [7, 11) is 2.10. The molecular weight excluding hydrogens is 346 g/mol. The molecule has 1 N–H and O–H groups in total. The van der Waals surface area contributed by atoms with Crippen molar-refractivity contribution in [2.45, 2.75) is 43.6 Å². The zero-order valence-electron chi connectivity index (χ0n) is 15.4. The van der Waals surface area contributed by atoms with Gasteiger partial charge in [0, 0.05) is 23.8 Å². The van der Waals surface area contributed by atoms with Gasteiger partial charge in [-0.2, -0.15) is 0 Å². The SMILES string of the molecule is CCC(O)CCCCSc1ccc(-c2ccccc2N(C)SC)cc1. The molecule has 136 valence electrons. The molecule has 2 aromatic carbocycles. The van der Waals surface area contributed by atoms with Crippen LogP contribution in [0.4, 0.5) is 5.69 Å². The molecule has 0 aliphatic heterocycles. The summed E-state index contributed by atoms with van der Waals surface area (Å²) in [4.78, 5) is 1.32. The second-order valence-electron chi connectivity index (χ2n) is 6.13. The average Bonchev–Trinajstić information content (AvgIpc) is 2.67. The molecule has 0 saturated carbocycles. The number of anilines is 1. The smallest absolute Gasteiger partial charge is 0.0544 e. The van der Waals surface area contributed by atoms with E-state index >= 15 is 0 Å². The number of rotatable bonds is 10. The van der Waals surface area contributed by atoms with E-state index in [0.717, 1.165) is 31.4 Å². The Morgan fingerprint density at radius 2 is 1.76 bits per heavy atom. The van der Waals surface area contributed by atoms with E-state index in [1.54, 1.807) is 11.9 Å². The van der Waals surface area contributed by atoms with Gasteiger partial charge in [0.05, 0.1) is 11.8 Å². The third-order valence-electron chi connectivity index (χ3n) is 4.35. The minimum absolute atomic E-state index is 0.122. The van der Waals surface area contributed by atoms with Crippen molar-refractivity contribution in [2.24, 2.45) is 0 Å². The Labute approximate surface area is 161 Å². The molecule has 2 nitrogen and oxygen atoms in total. The number of hydrogen-bond acceptors (Lipinski definition) is 4. The Bertz CT molecular complexity index is 630. The predicted octanol–water partition coefficient (Wildman–Crippen LogP) is 6.10. The molecule has 0 heterocycles. The second kappa shape index (κ2) is 10.8. The first-order valence-corrected chi connectivity index (χ1v) is 11.1.